The molecule has 1 aromatic heterocycles. The van der Waals surface area contributed by atoms with Gasteiger partial charge in [-0.15, -0.1) is 10.2 Å². The number of methoxy groups -OCH3 is 1. The van der Waals surface area contributed by atoms with Gasteiger partial charge in [-0.3, -0.25) is 14.3 Å². The average molecular weight is 444 g/mol. The largest absolute Gasteiger partial charge is 0.497 e. The van der Waals surface area contributed by atoms with Crippen LogP contribution in [0.2, 0.25) is 5.02 Å². The summed E-state index contributed by atoms with van der Waals surface area (Å²) in [7, 11) is 1.60. The molecule has 154 valence electrons. The lowest BCUT2D eigenvalue weighted by Gasteiger charge is -2.13. The number of nitrogens with zero attached hydrogens (tertiary/aromatic N) is 4. The van der Waals surface area contributed by atoms with Gasteiger partial charge in [0.1, 0.15) is 5.75 Å². The molecule has 3 amide bonds. The molecule has 0 atom stereocenters. The van der Waals surface area contributed by atoms with Crippen LogP contribution in [0, 0.1) is 0 Å². The van der Waals surface area contributed by atoms with Crippen molar-refractivity contribution in [3.05, 3.63) is 53.6 Å². The summed E-state index contributed by atoms with van der Waals surface area (Å²) < 4.78 is 7.18. The van der Waals surface area contributed by atoms with Gasteiger partial charge in [-0.25, -0.2) is 4.79 Å². The molecule has 4 rings (SSSR count). The lowest BCUT2D eigenvalue weighted by Crippen LogP contribution is -2.35. The molecule has 1 aliphatic rings. The number of rotatable bonds is 6. The van der Waals surface area contributed by atoms with E-state index in [0.29, 0.717) is 34.8 Å². The van der Waals surface area contributed by atoms with Gasteiger partial charge < -0.3 is 10.1 Å². The Hall–Kier alpha value is -3.04. The number of hydrogen-bond acceptors (Lipinski definition) is 6. The molecule has 0 bridgehead atoms. The summed E-state index contributed by atoms with van der Waals surface area (Å²) >= 11 is 7.27. The van der Waals surface area contributed by atoms with Gasteiger partial charge in [0.25, 0.3) is 0 Å². The van der Waals surface area contributed by atoms with Crippen LogP contribution >= 0.6 is 23.4 Å². The Balaban J connectivity index is 1.68. The molecule has 1 N–H and O–H groups in total. The fraction of sp³-hybridized carbons (Fsp3) is 0.200. The summed E-state index contributed by atoms with van der Waals surface area (Å²) in [5.74, 6) is 1.09. The summed E-state index contributed by atoms with van der Waals surface area (Å²) in [5, 5.41) is 12.4. The van der Waals surface area contributed by atoms with Crippen molar-refractivity contribution in [1.82, 2.24) is 25.0 Å². The molecule has 30 heavy (non-hydrogen) atoms. The van der Waals surface area contributed by atoms with Crippen LogP contribution < -0.4 is 10.1 Å². The van der Waals surface area contributed by atoms with E-state index in [1.807, 2.05) is 41.0 Å². The highest BCUT2D eigenvalue weighted by atomic mass is 35.5. The Morgan fingerprint density at radius 1 is 1.23 bits per heavy atom. The Morgan fingerprint density at radius 3 is 2.73 bits per heavy atom. The first-order valence-corrected chi connectivity index (χ1v) is 10.5. The van der Waals surface area contributed by atoms with Crippen molar-refractivity contribution in [1.29, 1.82) is 0 Å². The Kier molecular flexibility index (Phi) is 5.91. The number of carbonyl (C=O) groups excluding carboxylic acids is 2. The van der Waals surface area contributed by atoms with Gasteiger partial charge in [0.05, 0.1) is 12.9 Å². The zero-order valence-corrected chi connectivity index (χ0v) is 17.6. The third-order valence-corrected chi connectivity index (χ3v) is 5.69. The summed E-state index contributed by atoms with van der Waals surface area (Å²) in [6.07, 6.45) is 0. The minimum atomic E-state index is -0.364. The van der Waals surface area contributed by atoms with Gasteiger partial charge >= 0.3 is 6.03 Å². The van der Waals surface area contributed by atoms with Gasteiger partial charge in [0.15, 0.2) is 11.0 Å². The molecule has 10 heteroatoms. The molecule has 0 spiro atoms. The van der Waals surface area contributed by atoms with Crippen molar-refractivity contribution < 1.29 is 14.3 Å². The number of halogens is 1. The number of nitrogens with one attached hydrogen (secondary N) is 1. The van der Waals surface area contributed by atoms with E-state index >= 15 is 0 Å². The molecule has 1 aliphatic heterocycles. The normalized spacial score (nSPS) is 13.4. The van der Waals surface area contributed by atoms with E-state index in [1.165, 1.54) is 16.7 Å². The van der Waals surface area contributed by atoms with Crippen LogP contribution in [0.5, 0.6) is 5.75 Å². The van der Waals surface area contributed by atoms with Crippen LogP contribution in [-0.4, -0.2) is 57.6 Å². The average Bonchev–Trinajstić information content (AvgIpc) is 3.39. The van der Waals surface area contributed by atoms with E-state index in [9.17, 15) is 9.59 Å². The summed E-state index contributed by atoms with van der Waals surface area (Å²) in [6, 6.07) is 14.4. The molecule has 8 nitrogen and oxygen atoms in total. The second kappa shape index (κ2) is 8.76. The minimum Gasteiger partial charge on any atom is -0.497 e. The topological polar surface area (TPSA) is 89.4 Å². The van der Waals surface area contributed by atoms with Crippen LogP contribution in [0.3, 0.4) is 0 Å². The fourth-order valence-corrected chi connectivity index (χ4v) is 4.00. The molecule has 0 saturated carbocycles. The van der Waals surface area contributed by atoms with E-state index in [2.05, 4.69) is 15.5 Å². The van der Waals surface area contributed by atoms with Crippen molar-refractivity contribution in [2.24, 2.45) is 0 Å². The number of amides is 3. The van der Waals surface area contributed by atoms with Crippen LogP contribution in [0.25, 0.3) is 17.1 Å². The highest BCUT2D eigenvalue weighted by molar-refractivity contribution is 7.99. The van der Waals surface area contributed by atoms with Crippen molar-refractivity contribution >= 4 is 35.3 Å². The van der Waals surface area contributed by atoms with Crippen LogP contribution in [0.4, 0.5) is 4.79 Å². The van der Waals surface area contributed by atoms with Crippen molar-refractivity contribution in [2.45, 2.75) is 5.16 Å². The zero-order valence-electron chi connectivity index (χ0n) is 16.0. The highest BCUT2D eigenvalue weighted by Crippen LogP contribution is 2.30. The quantitative estimate of drug-likeness (QED) is 0.588. The number of ether oxygens (including phenoxy) is 1. The van der Waals surface area contributed by atoms with Crippen molar-refractivity contribution in [3.63, 3.8) is 0 Å². The molecule has 1 saturated heterocycles. The molecule has 2 aromatic carbocycles. The molecule has 0 aliphatic carbocycles. The first kappa shape index (κ1) is 20.2. The van der Waals surface area contributed by atoms with E-state index < -0.39 is 0 Å². The molecule has 2 heterocycles. The lowest BCUT2D eigenvalue weighted by molar-refractivity contribution is -0.124. The fourth-order valence-electron chi connectivity index (χ4n) is 3.05. The predicted molar refractivity (Wildman–Crippen MR) is 114 cm³/mol. The maximum atomic E-state index is 12.4. The second-order valence-corrected chi connectivity index (χ2v) is 7.79. The van der Waals surface area contributed by atoms with E-state index in [0.717, 1.165) is 11.3 Å². The predicted octanol–water partition coefficient (Wildman–Crippen LogP) is 3.24. The number of imide groups is 1. The van der Waals surface area contributed by atoms with Gasteiger partial charge in [0.2, 0.25) is 5.91 Å². The number of carbonyl (C=O) groups is 2. The molecule has 3 aromatic rings. The first-order chi connectivity index (χ1) is 14.6. The number of hydrogen-bond donors (Lipinski definition) is 1. The summed E-state index contributed by atoms with van der Waals surface area (Å²) in [5.41, 5.74) is 1.62. The van der Waals surface area contributed by atoms with E-state index in [-0.39, 0.29) is 17.7 Å². The standard InChI is InChI=1S/C20H18ClN5O3S/c1-29-16-4-2-3-13(11-16)18-23-24-20(26(18)15-7-5-14(21)6-8-15)30-12-17(27)25-10-9-22-19(25)28/h2-8,11H,9-10,12H2,1H3,(H,22,28). The van der Waals surface area contributed by atoms with Crippen molar-refractivity contribution in [2.75, 3.05) is 26.0 Å². The van der Waals surface area contributed by atoms with E-state index in [1.54, 1.807) is 19.2 Å². The molecule has 0 radical (unpaired) electrons. The smallest absolute Gasteiger partial charge is 0.324 e. The van der Waals surface area contributed by atoms with E-state index in [4.69, 9.17) is 16.3 Å². The zero-order chi connectivity index (χ0) is 21.1. The third kappa shape index (κ3) is 4.12. The van der Waals surface area contributed by atoms with Crippen LogP contribution in [-0.2, 0) is 4.79 Å². The monoisotopic (exact) mass is 443 g/mol. The minimum absolute atomic E-state index is 0.0667. The lowest BCUT2D eigenvalue weighted by atomic mass is 10.2. The number of aromatic nitrogens is 3. The second-order valence-electron chi connectivity index (χ2n) is 6.42. The van der Waals surface area contributed by atoms with Gasteiger partial charge in [0, 0.05) is 29.4 Å². The number of thioether (sulfide) groups is 1. The van der Waals surface area contributed by atoms with Gasteiger partial charge in [-0.05, 0) is 36.4 Å². The summed E-state index contributed by atoms with van der Waals surface area (Å²) in [6.45, 7) is 0.841. The Morgan fingerprint density at radius 2 is 2.03 bits per heavy atom. The Bertz CT molecular complexity index is 1090. The highest BCUT2D eigenvalue weighted by Gasteiger charge is 2.27. The molecule has 0 unspecified atom stereocenters. The number of benzene rings is 2. The first-order valence-electron chi connectivity index (χ1n) is 9.13. The van der Waals surface area contributed by atoms with Gasteiger partial charge in [-0.1, -0.05) is 35.5 Å². The molecule has 1 fully saturated rings. The maximum Gasteiger partial charge on any atom is 0.324 e. The number of urea groups is 1. The summed E-state index contributed by atoms with van der Waals surface area (Å²) in [4.78, 5) is 25.4. The van der Waals surface area contributed by atoms with Gasteiger partial charge in [-0.2, -0.15) is 0 Å². The maximum absolute atomic E-state index is 12.4. The van der Waals surface area contributed by atoms with Crippen molar-refractivity contribution in [3.8, 4) is 22.8 Å². The van der Waals surface area contributed by atoms with Crippen LogP contribution in [0.1, 0.15) is 0 Å². The SMILES string of the molecule is COc1cccc(-c2nnc(SCC(=O)N3CCNC3=O)n2-c2ccc(Cl)cc2)c1. The molecular formula is C20H18ClN5O3S. The molecular weight excluding hydrogens is 426 g/mol. The van der Waals surface area contributed by atoms with Crippen LogP contribution in [0.15, 0.2) is 53.7 Å². The third-order valence-electron chi connectivity index (χ3n) is 4.53. The Labute approximate surface area is 182 Å².